The van der Waals surface area contributed by atoms with Gasteiger partial charge in [-0.15, -0.1) is 0 Å². The van der Waals surface area contributed by atoms with Gasteiger partial charge in [-0.05, 0) is 25.4 Å². The fraction of sp³-hybridized carbons (Fsp3) is 0.585. The molecule has 0 radical (unpaired) electrons. The minimum atomic E-state index is -1.71. The Bertz CT molecular complexity index is 2360. The number of piperazine rings is 3. The monoisotopic (exact) mass is 1090 g/mol. The number of aldehydes is 1. The number of rotatable bonds is 24. The van der Waals surface area contributed by atoms with Gasteiger partial charge in [-0.3, -0.25) is 38.6 Å². The summed E-state index contributed by atoms with van der Waals surface area (Å²) in [6.45, 7) is 8.42. The number of nitrogens with one attached hydrogen (secondary N) is 4. The number of carboxylic acid groups (broad SMARTS) is 1. The number of halogens is 2. The van der Waals surface area contributed by atoms with Crippen molar-refractivity contribution in [3.8, 4) is 0 Å². The van der Waals surface area contributed by atoms with Crippen LogP contribution in [-0.4, -0.2) is 229 Å². The molecule has 3 saturated heterocycles. The summed E-state index contributed by atoms with van der Waals surface area (Å²) < 4.78 is 1.98. The average molecular weight is 1090 g/mol. The first kappa shape index (κ1) is 57.1. The number of anilines is 2. The van der Waals surface area contributed by atoms with Crippen LogP contribution in [0, 0.1) is 0 Å². The highest BCUT2D eigenvalue weighted by molar-refractivity contribution is 7.98. The zero-order valence-corrected chi connectivity index (χ0v) is 42.9. The number of carbonyl (C=O) groups is 7. The van der Waals surface area contributed by atoms with E-state index in [9.17, 15) is 43.8 Å². The average Bonchev–Trinajstić information content (AvgIpc) is 3.35. The Morgan fingerprint density at radius 3 is 1.78 bits per heavy atom. The van der Waals surface area contributed by atoms with Crippen LogP contribution in [0.1, 0.15) is 35.2 Å². The molecule has 0 unspecified atom stereocenters. The van der Waals surface area contributed by atoms with Crippen LogP contribution in [0.15, 0.2) is 20.5 Å². The summed E-state index contributed by atoms with van der Waals surface area (Å²) >= 11 is 15.8. The van der Waals surface area contributed by atoms with Gasteiger partial charge < -0.3 is 72.3 Å². The molecule has 2 aromatic rings. The van der Waals surface area contributed by atoms with E-state index in [4.69, 9.17) is 50.2 Å². The van der Waals surface area contributed by atoms with E-state index in [1.807, 2.05) is 17.8 Å². The largest absolute Gasteiger partial charge is 0.481 e. The molecule has 2 spiro atoms. The van der Waals surface area contributed by atoms with Crippen molar-refractivity contribution in [2.75, 3.05) is 127 Å². The molecule has 0 bridgehead atoms. The lowest BCUT2D eigenvalue weighted by molar-refractivity contribution is -1.03. The molecule has 3 fully saturated rings. The number of quaternary nitrogens is 2. The van der Waals surface area contributed by atoms with Crippen molar-refractivity contribution in [2.45, 2.75) is 47.7 Å². The number of guanidine groups is 1. The van der Waals surface area contributed by atoms with Crippen molar-refractivity contribution >= 4 is 112 Å². The molecule has 0 aliphatic carbocycles. The van der Waals surface area contributed by atoms with Crippen molar-refractivity contribution in [1.82, 2.24) is 41.2 Å². The van der Waals surface area contributed by atoms with E-state index < -0.39 is 79.8 Å². The number of thioether (sulfide) groups is 2. The summed E-state index contributed by atoms with van der Waals surface area (Å²) in [5, 5.41) is 32.9. The van der Waals surface area contributed by atoms with Gasteiger partial charge in [0.25, 0.3) is 5.91 Å². The van der Waals surface area contributed by atoms with Crippen LogP contribution in [0.3, 0.4) is 0 Å². The highest BCUT2D eigenvalue weighted by Crippen LogP contribution is 2.32. The van der Waals surface area contributed by atoms with Gasteiger partial charge in [0.2, 0.25) is 23.6 Å². The number of oxime groups is 1. The van der Waals surface area contributed by atoms with Crippen LogP contribution in [0.2, 0.25) is 10.3 Å². The first-order valence-corrected chi connectivity index (χ1v) is 25.9. The second kappa shape index (κ2) is 26.7. The SMILES string of the molecule is CSc1nc(Cl)c(C=O)c(N2CC[N+]3(CC2)CC[N+]2(CCN(c4nc(SC)nc(Cl)c4/C=N\OCC(=O)N[C@@H](CCCN=C(N)N)C(=O)NCC(=O)N[C@@H](CC(=O)O)C(=O)N[C@@H](CO)C(N)=O)CC2)CC3)n1. The molecule has 27 nitrogen and oxygen atoms in total. The molecule has 31 heteroatoms. The molecule has 3 atom stereocenters. The number of aliphatic hydroxyl groups is 1. The van der Waals surface area contributed by atoms with E-state index in [1.54, 1.807) is 0 Å². The Hall–Kier alpha value is -5.85. The molecular weight excluding hydrogens is 1030 g/mol. The lowest BCUT2D eigenvalue weighted by Gasteiger charge is -2.54. The highest BCUT2D eigenvalue weighted by Gasteiger charge is 2.46. The summed E-state index contributed by atoms with van der Waals surface area (Å²) in [5.41, 5.74) is 16.6. The van der Waals surface area contributed by atoms with Crippen molar-refractivity contribution in [3.63, 3.8) is 0 Å². The quantitative estimate of drug-likeness (QED) is 0.00574. The van der Waals surface area contributed by atoms with E-state index in [0.29, 0.717) is 46.2 Å². The Morgan fingerprint density at radius 2 is 1.29 bits per heavy atom. The molecule has 0 saturated carbocycles. The molecule has 0 aromatic carbocycles. The molecule has 3 aliphatic rings. The highest BCUT2D eigenvalue weighted by atomic mass is 35.5. The molecule has 2 aromatic heterocycles. The number of aliphatic imine (C=N–C) groups is 1. The summed E-state index contributed by atoms with van der Waals surface area (Å²) in [5.74, 6) is -5.34. The summed E-state index contributed by atoms with van der Waals surface area (Å²) in [6.07, 6.45) is 5.06. The van der Waals surface area contributed by atoms with Crippen molar-refractivity contribution in [2.24, 2.45) is 27.3 Å². The number of aromatic nitrogens is 4. The Kier molecular flexibility index (Phi) is 21.2. The second-order valence-electron chi connectivity index (χ2n) is 17.2. The number of hydrogen-bond donors (Lipinski definition) is 9. The maximum Gasteiger partial charge on any atom is 0.305 e. The van der Waals surface area contributed by atoms with Gasteiger partial charge in [0.1, 0.15) is 66.2 Å². The molecule has 5 amide bonds. The van der Waals surface area contributed by atoms with E-state index in [-0.39, 0.29) is 35.7 Å². The summed E-state index contributed by atoms with van der Waals surface area (Å²) in [6, 6.07) is -4.50. The number of nitrogens with two attached hydrogens (primary N) is 3. The van der Waals surface area contributed by atoms with Crippen LogP contribution >= 0.6 is 46.7 Å². The normalized spacial score (nSPS) is 17.3. The third kappa shape index (κ3) is 15.8. The summed E-state index contributed by atoms with van der Waals surface area (Å²) in [4.78, 5) is 118. The number of amides is 5. The van der Waals surface area contributed by atoms with Crippen LogP contribution in [-0.2, 0) is 33.6 Å². The number of carbonyl (C=O) groups excluding carboxylic acids is 6. The molecule has 3 aliphatic heterocycles. The van der Waals surface area contributed by atoms with Crippen molar-refractivity contribution < 1.29 is 57.6 Å². The van der Waals surface area contributed by atoms with E-state index >= 15 is 0 Å². The minimum absolute atomic E-state index is 0.00400. The molecular formula is C41H61Cl2N17O10S2+2. The molecule has 5 heterocycles. The van der Waals surface area contributed by atoms with E-state index in [2.05, 4.69) is 50.9 Å². The number of aliphatic hydroxyl groups excluding tert-OH is 1. The van der Waals surface area contributed by atoms with Crippen LogP contribution in [0.5, 0.6) is 0 Å². The maximum absolute atomic E-state index is 13.3. The van der Waals surface area contributed by atoms with Gasteiger partial charge in [-0.1, -0.05) is 51.9 Å². The minimum Gasteiger partial charge on any atom is -0.481 e. The van der Waals surface area contributed by atoms with Crippen molar-refractivity contribution in [3.05, 3.63) is 21.4 Å². The smallest absolute Gasteiger partial charge is 0.305 e. The third-order valence-corrected chi connectivity index (χ3v) is 14.3. The number of aliphatic carboxylic acids is 1. The first-order chi connectivity index (χ1) is 34.3. The molecule has 5 rings (SSSR count). The van der Waals surface area contributed by atoms with E-state index in [0.717, 1.165) is 80.7 Å². The fourth-order valence-corrected chi connectivity index (χ4v) is 9.71. The zero-order chi connectivity index (χ0) is 52.6. The van der Waals surface area contributed by atoms with E-state index in [1.165, 1.54) is 29.7 Å². The lowest BCUT2D eigenvalue weighted by Crippen LogP contribution is -2.73. The molecule has 394 valence electrons. The summed E-state index contributed by atoms with van der Waals surface area (Å²) in [7, 11) is 0. The lowest BCUT2D eigenvalue weighted by atomic mass is 10.1. The van der Waals surface area contributed by atoms with Crippen LogP contribution in [0.25, 0.3) is 0 Å². The predicted octanol–water partition coefficient (Wildman–Crippen LogP) is -3.26. The topological polar surface area (TPSA) is 378 Å². The van der Waals surface area contributed by atoms with Gasteiger partial charge >= 0.3 is 5.97 Å². The van der Waals surface area contributed by atoms with Gasteiger partial charge in [-0.25, -0.2) is 19.9 Å². The number of carboxylic acids is 1. The van der Waals surface area contributed by atoms with Gasteiger partial charge in [0.15, 0.2) is 29.2 Å². The fourth-order valence-electron chi connectivity index (χ4n) is 8.46. The van der Waals surface area contributed by atoms with Gasteiger partial charge in [-0.2, -0.15) is 0 Å². The van der Waals surface area contributed by atoms with Crippen molar-refractivity contribution in [1.29, 1.82) is 0 Å². The van der Waals surface area contributed by atoms with Gasteiger partial charge in [0, 0.05) is 6.54 Å². The number of hydrogen-bond acceptors (Lipinski definition) is 19. The van der Waals surface area contributed by atoms with Crippen LogP contribution < -0.4 is 48.3 Å². The predicted molar refractivity (Wildman–Crippen MR) is 268 cm³/mol. The van der Waals surface area contributed by atoms with Gasteiger partial charge in [0.05, 0.1) is 89.3 Å². The molecule has 72 heavy (non-hydrogen) atoms. The molecule has 12 N–H and O–H groups in total. The zero-order valence-electron chi connectivity index (χ0n) is 39.8. The maximum atomic E-state index is 13.3. The Balaban J connectivity index is 1.15. The second-order valence-corrected chi connectivity index (χ2v) is 19.5. The number of primary amides is 1. The Labute approximate surface area is 433 Å². The Morgan fingerprint density at radius 1 is 0.764 bits per heavy atom. The standard InChI is InChI=1S/C41H59Cl2N17O10S2/c1-71-40-53-32(42)24(35(55-40)57-6-10-59(11-7-57)14-16-60(17-15-59)12-8-58(9-13-60)36-25(21-61)33(43)54-41(56-36)72-2)19-49-70-23-30(64)50-26(4-3-5-47-39(45)46)37(68)48-20-29(63)51-27(18-31(65)66)38(69)52-28(22-62)34(44)67/h19,21,26-28,62H,3-18,20,22-23H2,1-2H3,(H9-2,44,45,46,47,48,50,51,52,63,64,65,66,67,68,69)/p+2/b49-19-/t26-,27-,28-/m0/s1. The third-order valence-electron chi connectivity index (χ3n) is 12.6. The first-order valence-electron chi connectivity index (χ1n) is 22.7. The number of nitrogens with zero attached hydrogens (tertiary/aromatic N) is 10. The van der Waals surface area contributed by atoms with Crippen LogP contribution in [0.4, 0.5) is 11.6 Å².